The smallest absolute Gasteiger partial charge is 0.138 e. The second-order valence-electron chi connectivity index (χ2n) is 4.40. The summed E-state index contributed by atoms with van der Waals surface area (Å²) in [5, 5.41) is 3.30. The van der Waals surface area contributed by atoms with Gasteiger partial charge >= 0.3 is 0 Å². The Morgan fingerprint density at radius 1 is 1.53 bits per heavy atom. The Bertz CT molecular complexity index is 414. The largest absolute Gasteiger partial charge is 0.397 e. The van der Waals surface area contributed by atoms with Crippen LogP contribution in [0.1, 0.15) is 19.8 Å². The van der Waals surface area contributed by atoms with E-state index in [0.717, 1.165) is 19.4 Å². The molecule has 0 amide bonds. The van der Waals surface area contributed by atoms with Gasteiger partial charge in [-0.25, -0.2) is 4.39 Å². The van der Waals surface area contributed by atoms with E-state index in [0.29, 0.717) is 21.0 Å². The summed E-state index contributed by atoms with van der Waals surface area (Å²) >= 11 is 1.94. The molecule has 94 valence electrons. The van der Waals surface area contributed by atoms with Crippen LogP contribution in [0.5, 0.6) is 0 Å². The highest BCUT2D eigenvalue weighted by atomic mass is 127. The number of anilines is 2. The van der Waals surface area contributed by atoms with Crippen LogP contribution < -0.4 is 11.1 Å². The Hall–Kier alpha value is -0.560. The fraction of sp³-hybridized carbons (Fsp3) is 0.500. The van der Waals surface area contributed by atoms with Crippen LogP contribution >= 0.6 is 22.6 Å². The number of hydrogen-bond donors (Lipinski definition) is 2. The normalized spacial score (nSPS) is 24.6. The predicted octanol–water partition coefficient (Wildman–Crippen LogP) is 2.99. The maximum atomic E-state index is 13.5. The zero-order valence-corrected chi connectivity index (χ0v) is 11.8. The van der Waals surface area contributed by atoms with Crippen molar-refractivity contribution in [2.45, 2.75) is 31.9 Å². The minimum atomic E-state index is -0.234. The Labute approximate surface area is 114 Å². The first-order chi connectivity index (χ1) is 8.06. The molecule has 2 atom stereocenters. The quantitative estimate of drug-likeness (QED) is 0.637. The van der Waals surface area contributed by atoms with E-state index < -0.39 is 0 Å². The zero-order valence-electron chi connectivity index (χ0n) is 9.67. The number of hydrogen-bond acceptors (Lipinski definition) is 3. The first kappa shape index (κ1) is 12.9. The van der Waals surface area contributed by atoms with Gasteiger partial charge in [-0.2, -0.15) is 0 Å². The molecule has 17 heavy (non-hydrogen) atoms. The van der Waals surface area contributed by atoms with Crippen LogP contribution in [-0.2, 0) is 4.74 Å². The number of nitrogens with one attached hydrogen (secondary N) is 1. The summed E-state index contributed by atoms with van der Waals surface area (Å²) in [5.41, 5.74) is 7.15. The van der Waals surface area contributed by atoms with Crippen molar-refractivity contribution < 1.29 is 9.13 Å². The first-order valence-electron chi connectivity index (χ1n) is 5.69. The number of ether oxygens (including phenoxy) is 1. The van der Waals surface area contributed by atoms with Crippen molar-refractivity contribution in [3.05, 3.63) is 21.5 Å². The van der Waals surface area contributed by atoms with E-state index in [1.165, 1.54) is 6.07 Å². The molecule has 1 aromatic rings. The third-order valence-corrected chi connectivity index (χ3v) is 3.76. The minimum Gasteiger partial charge on any atom is -0.397 e. The van der Waals surface area contributed by atoms with Crippen molar-refractivity contribution in [3.63, 3.8) is 0 Å². The molecule has 0 bridgehead atoms. The third kappa shape index (κ3) is 3.22. The summed E-state index contributed by atoms with van der Waals surface area (Å²) in [7, 11) is 0. The molecule has 0 saturated carbocycles. The molecule has 3 N–H and O–H groups in total. The monoisotopic (exact) mass is 350 g/mol. The highest BCUT2D eigenvalue weighted by molar-refractivity contribution is 14.1. The molecule has 0 radical (unpaired) electrons. The van der Waals surface area contributed by atoms with Crippen LogP contribution in [0.15, 0.2) is 12.1 Å². The molecule has 5 heteroatoms. The fourth-order valence-electron chi connectivity index (χ4n) is 2.04. The van der Waals surface area contributed by atoms with Crippen molar-refractivity contribution in [1.82, 2.24) is 0 Å². The molecule has 1 saturated heterocycles. The summed E-state index contributed by atoms with van der Waals surface area (Å²) in [4.78, 5) is 0. The molecule has 1 aromatic carbocycles. The molecule has 2 rings (SSSR count). The summed E-state index contributed by atoms with van der Waals surface area (Å²) < 4.78 is 19.5. The summed E-state index contributed by atoms with van der Waals surface area (Å²) in [6.07, 6.45) is 2.10. The number of nitrogens with two attached hydrogens (primary N) is 1. The van der Waals surface area contributed by atoms with Gasteiger partial charge in [0, 0.05) is 18.7 Å². The maximum Gasteiger partial charge on any atom is 0.138 e. The Balaban J connectivity index is 2.10. The van der Waals surface area contributed by atoms with Gasteiger partial charge in [-0.3, -0.25) is 0 Å². The average molecular weight is 350 g/mol. The summed E-state index contributed by atoms with van der Waals surface area (Å²) in [6, 6.07) is 3.43. The Morgan fingerprint density at radius 3 is 3.00 bits per heavy atom. The Morgan fingerprint density at radius 2 is 2.29 bits per heavy atom. The van der Waals surface area contributed by atoms with E-state index in [4.69, 9.17) is 10.5 Å². The van der Waals surface area contributed by atoms with Gasteiger partial charge in [0.05, 0.1) is 21.0 Å². The van der Waals surface area contributed by atoms with Crippen molar-refractivity contribution in [2.75, 3.05) is 17.7 Å². The van der Waals surface area contributed by atoms with Gasteiger partial charge in [0.25, 0.3) is 0 Å². The summed E-state index contributed by atoms with van der Waals surface area (Å²) in [5.74, 6) is -0.234. The van der Waals surface area contributed by atoms with Gasteiger partial charge < -0.3 is 15.8 Å². The number of benzene rings is 1. The first-order valence-corrected chi connectivity index (χ1v) is 6.77. The molecular formula is C12H16FIN2O. The molecule has 2 unspecified atom stereocenters. The number of nitrogen functional groups attached to an aromatic ring is 1. The molecule has 3 nitrogen and oxygen atoms in total. The average Bonchev–Trinajstić information content (AvgIpc) is 2.26. The van der Waals surface area contributed by atoms with Gasteiger partial charge in [-0.1, -0.05) is 0 Å². The van der Waals surface area contributed by atoms with Gasteiger partial charge in [-0.05, 0) is 48.4 Å². The van der Waals surface area contributed by atoms with Crippen molar-refractivity contribution in [2.24, 2.45) is 0 Å². The highest BCUT2D eigenvalue weighted by Gasteiger charge is 2.20. The van der Waals surface area contributed by atoms with Crippen LogP contribution in [0.25, 0.3) is 0 Å². The molecule has 1 fully saturated rings. The summed E-state index contributed by atoms with van der Waals surface area (Å²) in [6.45, 7) is 2.79. The molecule has 1 aliphatic heterocycles. The van der Waals surface area contributed by atoms with Crippen molar-refractivity contribution in [3.8, 4) is 0 Å². The zero-order chi connectivity index (χ0) is 12.4. The molecule has 0 spiro atoms. The van der Waals surface area contributed by atoms with E-state index in [2.05, 4.69) is 5.32 Å². The number of halogens is 2. The molecule has 1 heterocycles. The lowest BCUT2D eigenvalue weighted by atomic mass is 10.0. The fourth-order valence-corrected chi connectivity index (χ4v) is 2.53. The van der Waals surface area contributed by atoms with Gasteiger partial charge in [-0.15, -0.1) is 0 Å². The highest BCUT2D eigenvalue weighted by Crippen LogP contribution is 2.27. The lowest BCUT2D eigenvalue weighted by molar-refractivity contribution is 0.0232. The van der Waals surface area contributed by atoms with Gasteiger partial charge in [0.2, 0.25) is 0 Å². The lowest BCUT2D eigenvalue weighted by Gasteiger charge is -2.29. The Kier molecular flexibility index (Phi) is 4.09. The molecule has 1 aliphatic rings. The van der Waals surface area contributed by atoms with Crippen LogP contribution in [0, 0.1) is 9.39 Å². The lowest BCUT2D eigenvalue weighted by Crippen LogP contribution is -2.32. The second kappa shape index (κ2) is 5.39. The molecular weight excluding hydrogens is 334 g/mol. The van der Waals surface area contributed by atoms with E-state index >= 15 is 0 Å². The second-order valence-corrected chi connectivity index (χ2v) is 5.56. The van der Waals surface area contributed by atoms with Crippen LogP contribution in [0.4, 0.5) is 15.8 Å². The molecule has 0 aliphatic carbocycles. The predicted molar refractivity (Wildman–Crippen MR) is 75.6 cm³/mol. The van der Waals surface area contributed by atoms with E-state index in [-0.39, 0.29) is 11.9 Å². The van der Waals surface area contributed by atoms with Crippen LogP contribution in [-0.4, -0.2) is 18.8 Å². The van der Waals surface area contributed by atoms with E-state index in [1.54, 1.807) is 6.07 Å². The van der Waals surface area contributed by atoms with Crippen LogP contribution in [0.3, 0.4) is 0 Å². The van der Waals surface area contributed by atoms with E-state index in [9.17, 15) is 4.39 Å². The van der Waals surface area contributed by atoms with E-state index in [1.807, 2.05) is 29.5 Å². The van der Waals surface area contributed by atoms with Gasteiger partial charge in [0.15, 0.2) is 0 Å². The topological polar surface area (TPSA) is 47.3 Å². The third-order valence-electron chi connectivity index (χ3n) is 2.94. The van der Waals surface area contributed by atoms with Crippen LogP contribution in [0.2, 0.25) is 0 Å². The van der Waals surface area contributed by atoms with Crippen molar-refractivity contribution in [1.29, 1.82) is 0 Å². The minimum absolute atomic E-state index is 0.234. The molecule has 0 aromatic heterocycles. The van der Waals surface area contributed by atoms with Crippen molar-refractivity contribution >= 4 is 34.0 Å². The SMILES string of the molecule is CC1CC(Nc2cc(F)c(I)cc2N)CCO1. The number of rotatable bonds is 2. The standard InChI is InChI=1S/C12H16FIN2O/c1-7-4-8(2-3-17-7)16-12-5-9(13)10(14)6-11(12)15/h5-8,16H,2-4,15H2,1H3. The maximum absolute atomic E-state index is 13.5. The van der Waals surface area contributed by atoms with Gasteiger partial charge in [0.1, 0.15) is 5.82 Å².